The summed E-state index contributed by atoms with van der Waals surface area (Å²) >= 11 is 0. The van der Waals surface area contributed by atoms with Gasteiger partial charge < -0.3 is 10.6 Å². The number of halogens is 1. The minimum atomic E-state index is -1.16. The molecule has 38 heavy (non-hydrogen) atoms. The van der Waals surface area contributed by atoms with Gasteiger partial charge in [-0.15, -0.1) is 0 Å². The molecule has 0 spiro atoms. The van der Waals surface area contributed by atoms with Crippen LogP contribution in [-0.4, -0.2) is 30.9 Å². The summed E-state index contributed by atoms with van der Waals surface area (Å²) in [4.78, 5) is 26.9. The molecule has 0 saturated heterocycles. The number of fused-ring (bicyclic) bond motifs is 2. The summed E-state index contributed by atoms with van der Waals surface area (Å²) in [6.07, 6.45) is 3.11. The number of nitrogens with zero attached hydrogens (tertiary/aromatic N) is 6. The monoisotopic (exact) mass is 514 g/mol. The molecule has 1 aliphatic rings. The van der Waals surface area contributed by atoms with E-state index in [-0.39, 0.29) is 16.8 Å². The Balaban J connectivity index is 1.62. The highest BCUT2D eigenvalue weighted by Gasteiger charge is 2.28. The molecule has 0 aliphatic carbocycles. The number of anilines is 2. The lowest BCUT2D eigenvalue weighted by atomic mass is 9.85. The van der Waals surface area contributed by atoms with Crippen molar-refractivity contribution in [2.24, 2.45) is 0 Å². The van der Waals surface area contributed by atoms with Crippen molar-refractivity contribution in [2.45, 2.75) is 65.0 Å². The minimum Gasteiger partial charge on any atom is -0.324 e. The fraction of sp³-hybridized carbons (Fsp3) is 0.393. The van der Waals surface area contributed by atoms with Gasteiger partial charge in [-0.05, 0) is 82.5 Å². The van der Waals surface area contributed by atoms with Gasteiger partial charge in [0.1, 0.15) is 11.2 Å². The molecule has 1 aliphatic heterocycles. The molecule has 3 aromatic heterocycles. The average Bonchev–Trinajstić information content (AvgIpc) is 3.15. The summed E-state index contributed by atoms with van der Waals surface area (Å²) in [5, 5.41) is 16.7. The highest BCUT2D eigenvalue weighted by molar-refractivity contribution is 5.77. The van der Waals surface area contributed by atoms with E-state index in [2.05, 4.69) is 52.7 Å². The summed E-state index contributed by atoms with van der Waals surface area (Å²) in [5.74, 6) is 0.0510. The van der Waals surface area contributed by atoms with E-state index in [0.29, 0.717) is 35.8 Å². The topological polar surface area (TPSA) is 113 Å². The van der Waals surface area contributed by atoms with Crippen molar-refractivity contribution in [1.82, 2.24) is 29.6 Å². The van der Waals surface area contributed by atoms with Gasteiger partial charge >= 0.3 is 0 Å². The van der Waals surface area contributed by atoms with E-state index in [1.165, 1.54) is 34.1 Å². The zero-order valence-corrected chi connectivity index (χ0v) is 22.3. The van der Waals surface area contributed by atoms with Gasteiger partial charge in [-0.2, -0.15) is 10.2 Å². The number of nitriles is 1. The Kier molecular flexibility index (Phi) is 6.27. The van der Waals surface area contributed by atoms with Gasteiger partial charge in [0.05, 0.1) is 17.2 Å². The van der Waals surface area contributed by atoms with Crippen molar-refractivity contribution in [1.29, 1.82) is 5.26 Å². The normalized spacial score (nSPS) is 14.8. The van der Waals surface area contributed by atoms with Crippen LogP contribution in [0.2, 0.25) is 0 Å². The first-order valence-electron chi connectivity index (χ1n) is 12.8. The molecule has 0 unspecified atom stereocenters. The van der Waals surface area contributed by atoms with Gasteiger partial charge in [0.2, 0.25) is 5.95 Å². The van der Waals surface area contributed by atoms with Crippen molar-refractivity contribution in [3.05, 3.63) is 69.5 Å². The molecule has 4 heterocycles. The molecule has 0 amide bonds. The van der Waals surface area contributed by atoms with Crippen LogP contribution in [0.1, 0.15) is 57.9 Å². The highest BCUT2D eigenvalue weighted by atomic mass is 19.1. The third-order valence-corrected chi connectivity index (χ3v) is 7.03. The largest absolute Gasteiger partial charge is 0.324 e. The van der Waals surface area contributed by atoms with Gasteiger partial charge in [0, 0.05) is 24.0 Å². The van der Waals surface area contributed by atoms with Gasteiger partial charge in [-0.3, -0.25) is 4.79 Å². The summed E-state index contributed by atoms with van der Waals surface area (Å²) < 4.78 is 17.8. The Bertz CT molecular complexity index is 1640. The first kappa shape index (κ1) is 25.5. The van der Waals surface area contributed by atoms with Crippen molar-refractivity contribution in [3.8, 4) is 11.9 Å². The number of hydrogen-bond donors (Lipinski definition) is 2. The van der Waals surface area contributed by atoms with Crippen LogP contribution in [0.15, 0.2) is 41.3 Å². The summed E-state index contributed by atoms with van der Waals surface area (Å²) in [7, 11) is 0. The third-order valence-electron chi connectivity index (χ3n) is 7.03. The van der Waals surface area contributed by atoms with Gasteiger partial charge in [0.15, 0.2) is 11.5 Å². The third kappa shape index (κ3) is 4.33. The molecule has 0 fully saturated rings. The fourth-order valence-electron chi connectivity index (χ4n) is 5.00. The summed E-state index contributed by atoms with van der Waals surface area (Å²) in [6.45, 7) is 10.8. The number of benzene rings is 1. The standard InChI is InChI=1S/C28H31FN8O/c1-6-13-36-25(38)19-15-31-26(33-18-7-8-20-17(14-18)11-12-32-28(20,4)5)35-24(19)37(36)22-10-9-21(29)23(34-22)27(2,3)16-30/h7-10,14-15,32H,6,11-13H2,1-5H3,(H,31,33,35). The molecule has 9 nitrogen and oxygen atoms in total. The zero-order valence-electron chi connectivity index (χ0n) is 22.3. The molecule has 5 rings (SSSR count). The molecule has 0 bridgehead atoms. The minimum absolute atomic E-state index is 0.00808. The van der Waals surface area contributed by atoms with Crippen LogP contribution in [-0.2, 0) is 23.9 Å². The van der Waals surface area contributed by atoms with Crippen LogP contribution < -0.4 is 16.2 Å². The van der Waals surface area contributed by atoms with Crippen molar-refractivity contribution in [2.75, 3.05) is 11.9 Å². The second kappa shape index (κ2) is 9.33. The summed E-state index contributed by atoms with van der Waals surface area (Å²) in [6, 6.07) is 11.1. The molecule has 1 aromatic carbocycles. The second-order valence-corrected chi connectivity index (χ2v) is 10.7. The van der Waals surface area contributed by atoms with E-state index in [1.54, 1.807) is 18.5 Å². The molecular formula is C28H31FN8O. The maximum atomic E-state index is 14.7. The maximum absolute atomic E-state index is 14.7. The van der Waals surface area contributed by atoms with Gasteiger partial charge in [-0.1, -0.05) is 13.0 Å². The van der Waals surface area contributed by atoms with E-state index in [4.69, 9.17) is 4.98 Å². The average molecular weight is 515 g/mol. The highest BCUT2D eigenvalue weighted by Crippen LogP contribution is 2.31. The Morgan fingerprint density at radius 1 is 1.24 bits per heavy atom. The number of aromatic nitrogens is 5. The first-order valence-corrected chi connectivity index (χ1v) is 12.8. The van der Waals surface area contributed by atoms with Crippen LogP contribution in [0, 0.1) is 17.1 Å². The molecule has 0 radical (unpaired) electrons. The van der Waals surface area contributed by atoms with Crippen LogP contribution in [0.25, 0.3) is 16.9 Å². The number of rotatable bonds is 6. The SMILES string of the molecule is CCCn1c(=O)c2cnc(Nc3ccc4c(c3)CCNC4(C)C)nc2n1-c1ccc(F)c(C(C)(C)C#N)n1. The second-order valence-electron chi connectivity index (χ2n) is 10.7. The molecular weight excluding hydrogens is 483 g/mol. The lowest BCUT2D eigenvalue weighted by Crippen LogP contribution is -2.42. The van der Waals surface area contributed by atoms with E-state index in [0.717, 1.165) is 18.7 Å². The number of nitrogens with one attached hydrogen (secondary N) is 2. The van der Waals surface area contributed by atoms with Crippen LogP contribution in [0.5, 0.6) is 0 Å². The van der Waals surface area contributed by atoms with Gasteiger partial charge in [-0.25, -0.2) is 23.7 Å². The zero-order chi connectivity index (χ0) is 27.2. The Morgan fingerprint density at radius 2 is 2.03 bits per heavy atom. The fourth-order valence-corrected chi connectivity index (χ4v) is 5.00. The molecule has 4 aromatic rings. The Morgan fingerprint density at radius 3 is 2.76 bits per heavy atom. The first-order chi connectivity index (χ1) is 18.1. The van der Waals surface area contributed by atoms with E-state index < -0.39 is 11.2 Å². The predicted octanol–water partition coefficient (Wildman–Crippen LogP) is 4.45. The van der Waals surface area contributed by atoms with Crippen LogP contribution in [0.3, 0.4) is 0 Å². The Hall–Kier alpha value is -4.10. The van der Waals surface area contributed by atoms with Crippen LogP contribution >= 0.6 is 0 Å². The molecule has 0 saturated carbocycles. The van der Waals surface area contributed by atoms with Crippen LogP contribution in [0.4, 0.5) is 16.0 Å². The van der Waals surface area contributed by atoms with E-state index in [1.807, 2.05) is 13.0 Å². The van der Waals surface area contributed by atoms with Crippen molar-refractivity contribution < 1.29 is 4.39 Å². The Labute approximate surface area is 220 Å². The number of pyridine rings is 1. The maximum Gasteiger partial charge on any atom is 0.278 e. The van der Waals surface area contributed by atoms with E-state index in [9.17, 15) is 14.4 Å². The van der Waals surface area contributed by atoms with Crippen molar-refractivity contribution in [3.63, 3.8) is 0 Å². The smallest absolute Gasteiger partial charge is 0.278 e. The van der Waals surface area contributed by atoms with Gasteiger partial charge in [0.25, 0.3) is 5.56 Å². The molecule has 0 atom stereocenters. The summed E-state index contributed by atoms with van der Waals surface area (Å²) in [5.41, 5.74) is 2.21. The van der Waals surface area contributed by atoms with Crippen molar-refractivity contribution >= 4 is 22.7 Å². The lowest BCUT2D eigenvalue weighted by molar-refractivity contribution is 0.382. The molecule has 196 valence electrons. The lowest BCUT2D eigenvalue weighted by Gasteiger charge is -2.34. The quantitative estimate of drug-likeness (QED) is 0.391. The predicted molar refractivity (Wildman–Crippen MR) is 144 cm³/mol. The molecule has 2 N–H and O–H groups in total. The number of hydrogen-bond acceptors (Lipinski definition) is 7. The van der Waals surface area contributed by atoms with E-state index >= 15 is 0 Å². The molecule has 10 heteroatoms.